The Hall–Kier alpha value is -1.76. The second-order valence-electron chi connectivity index (χ2n) is 37.1. The van der Waals surface area contributed by atoms with Crippen molar-refractivity contribution in [3.63, 3.8) is 0 Å². The highest BCUT2D eigenvalue weighted by molar-refractivity contribution is 7.88. The average Bonchev–Trinajstić information content (AvgIpc) is 1.33. The summed E-state index contributed by atoms with van der Waals surface area (Å²) in [5, 5.41) is 12.6. The van der Waals surface area contributed by atoms with Gasteiger partial charge in [-0.15, -0.1) is 0 Å². The summed E-state index contributed by atoms with van der Waals surface area (Å²) < 4.78 is 35.3. The van der Waals surface area contributed by atoms with E-state index in [1.165, 1.54) is 96.1 Å². The summed E-state index contributed by atoms with van der Waals surface area (Å²) in [4.78, 5) is 34.4. The van der Waals surface area contributed by atoms with E-state index in [9.17, 15) is 27.9 Å². The van der Waals surface area contributed by atoms with Crippen molar-refractivity contribution in [2.75, 3.05) is 26.4 Å². The zero-order valence-corrected chi connectivity index (χ0v) is 64.3. The summed E-state index contributed by atoms with van der Waals surface area (Å²) in [6, 6.07) is 0. The third-order valence-corrected chi connectivity index (χ3v) is 22.3. The smallest absolute Gasteiger partial charge is 0.306 e. The van der Waals surface area contributed by atoms with Crippen LogP contribution in [0.5, 0.6) is 0 Å². The van der Waals surface area contributed by atoms with Crippen LogP contribution in [0.25, 0.3) is 0 Å². The SMILES string of the molecule is CC(C)(C)C1CCCCC1.CC(C)(C)C1CCCCC1O.CC(C)(C)C1CCN(S(C)(=O)=O)CC1.CC1(C)CC(C(C)(C)C)CC(C)(C)O1.CC1(C)CCCC(=O)N1.CC1(C)CCCC(=O)O1.CC1CCCCC1C(C)(C)C.CN1C(=O)CCCC1(C)C. The number of hydrogen-bond donors (Lipinski definition) is 2. The molecular formula is C76H149N3O8S. The maximum Gasteiger partial charge on any atom is 0.306 e. The number of aliphatic hydroxyl groups is 1. The van der Waals surface area contributed by atoms with Crippen molar-refractivity contribution in [3.05, 3.63) is 0 Å². The minimum Gasteiger partial charge on any atom is -0.460 e. The summed E-state index contributed by atoms with van der Waals surface area (Å²) >= 11 is 0. The Morgan fingerprint density at radius 3 is 1.23 bits per heavy atom. The molecule has 2 amide bonds. The van der Waals surface area contributed by atoms with Gasteiger partial charge in [0.05, 0.1) is 23.6 Å². The fourth-order valence-electron chi connectivity index (χ4n) is 15.1. The van der Waals surface area contributed by atoms with Crippen LogP contribution in [0, 0.1) is 62.6 Å². The molecule has 0 spiro atoms. The lowest BCUT2D eigenvalue weighted by Crippen LogP contribution is -2.48. The van der Waals surface area contributed by atoms with E-state index >= 15 is 0 Å². The Kier molecular flexibility index (Phi) is 33.6. The third-order valence-electron chi connectivity index (χ3n) is 21.0. The second kappa shape index (κ2) is 35.1. The van der Waals surface area contributed by atoms with Gasteiger partial charge < -0.3 is 24.8 Å². The number of ether oxygens (including phenoxy) is 2. The molecule has 4 unspecified atom stereocenters. The first-order chi connectivity index (χ1) is 39.6. The number of rotatable bonds is 1. The van der Waals surface area contributed by atoms with E-state index in [-0.39, 0.29) is 51.8 Å². The summed E-state index contributed by atoms with van der Waals surface area (Å²) in [6.07, 6.45) is 32.0. The summed E-state index contributed by atoms with van der Waals surface area (Å²) in [5.41, 5.74) is 2.14. The molecular weight excluding hydrogens is 1110 g/mol. The minimum atomic E-state index is -2.96. The topological polar surface area (TPSA) is 143 Å². The zero-order valence-electron chi connectivity index (χ0n) is 63.4. The Morgan fingerprint density at radius 1 is 0.489 bits per heavy atom. The van der Waals surface area contributed by atoms with Gasteiger partial charge in [0.25, 0.3) is 0 Å². The molecule has 0 aromatic heterocycles. The summed E-state index contributed by atoms with van der Waals surface area (Å²) in [5.74, 6) is 5.31. The van der Waals surface area contributed by atoms with Gasteiger partial charge in [-0.05, 0) is 228 Å². The summed E-state index contributed by atoms with van der Waals surface area (Å²) in [7, 11) is -1.07. The number of piperidine rings is 3. The Balaban J connectivity index is 0.000000505. The number of likely N-dealkylation sites (tertiary alicyclic amines) is 1. The first kappa shape index (κ1) is 84.3. The molecule has 0 radical (unpaired) electrons. The number of amides is 2. The lowest BCUT2D eigenvalue weighted by Gasteiger charge is -2.49. The molecule has 12 heteroatoms. The van der Waals surface area contributed by atoms with Crippen LogP contribution in [0.15, 0.2) is 0 Å². The van der Waals surface area contributed by atoms with E-state index in [0.717, 1.165) is 87.9 Å². The zero-order chi connectivity index (χ0) is 68.3. The number of nitrogens with one attached hydrogen (secondary N) is 1. The first-order valence-electron chi connectivity index (χ1n) is 35.7. The van der Waals surface area contributed by atoms with Crippen LogP contribution in [0.2, 0.25) is 0 Å². The van der Waals surface area contributed by atoms with Gasteiger partial charge in [-0.25, -0.2) is 12.7 Å². The largest absolute Gasteiger partial charge is 0.460 e. The Labute approximate surface area is 546 Å². The fourth-order valence-corrected chi connectivity index (χ4v) is 15.9. The van der Waals surface area contributed by atoms with Crippen LogP contribution in [0.1, 0.15) is 347 Å². The highest BCUT2D eigenvalue weighted by atomic mass is 32.2. The standard InChI is InChI=1S/C13H26O.C11H22.C10H21NO2S.C10H20O.C10H20.C8H15NO.C7H13NO.C7H12O2/c1-11(2,3)10-8-12(4,5)14-13(6,7)9-10;1-9-7-5-6-8-10(9)11(2,3)4;1-10(2,3)9-5-7-11(8-6-9)14(4,12)13;1-10(2,3)8-6-4-5-7-9(8)11;1-10(2,3)9-7-5-4-6-8-9;1-8(2)6-4-5-7(10)9(8)3;1-7(2)5-3-4-6(9)8-7;1-7(2)5-3-4-6(8)9-7/h10H,8-9H2,1-7H3;9-10H,5-8H2,1-4H3;9H,5-8H2,1-4H3;8-9,11H,4-7H2,1-3H3;9H,4-8H2,1-3H3;4-6H2,1-3H3;3-5H2,1-2H3,(H,8,9);3-5H2,1-2H3. The van der Waals surface area contributed by atoms with Gasteiger partial charge in [0.1, 0.15) is 5.60 Å². The Bertz CT molecular complexity index is 2050. The molecule has 11 nitrogen and oxygen atoms in total. The van der Waals surface area contributed by atoms with Gasteiger partial charge in [0, 0.05) is 50.5 Å². The maximum absolute atomic E-state index is 11.3. The van der Waals surface area contributed by atoms with Gasteiger partial charge in [-0.3, -0.25) is 14.4 Å². The molecule has 0 aromatic carbocycles. The second-order valence-corrected chi connectivity index (χ2v) is 39.1. The lowest BCUT2D eigenvalue weighted by atomic mass is 9.67. The number of nitrogens with zero attached hydrogens (tertiary/aromatic N) is 2. The van der Waals surface area contributed by atoms with Crippen molar-refractivity contribution in [2.45, 2.75) is 381 Å². The molecule has 0 bridgehead atoms. The van der Waals surface area contributed by atoms with Gasteiger partial charge in [-0.1, -0.05) is 162 Å². The van der Waals surface area contributed by atoms with Gasteiger partial charge in [-0.2, -0.15) is 0 Å². The Morgan fingerprint density at radius 2 is 0.909 bits per heavy atom. The summed E-state index contributed by atoms with van der Waals surface area (Å²) in [6.45, 7) is 59.6. The molecule has 4 atom stereocenters. The van der Waals surface area contributed by atoms with Crippen LogP contribution in [-0.4, -0.2) is 101 Å². The van der Waals surface area contributed by atoms with Crippen LogP contribution in [-0.2, 0) is 33.9 Å². The van der Waals surface area contributed by atoms with Crippen molar-refractivity contribution >= 4 is 27.8 Å². The number of aliphatic hydroxyl groups excluding tert-OH is 1. The molecule has 88 heavy (non-hydrogen) atoms. The van der Waals surface area contributed by atoms with Crippen molar-refractivity contribution in [1.82, 2.24) is 14.5 Å². The van der Waals surface area contributed by atoms with Crippen molar-refractivity contribution in [3.8, 4) is 0 Å². The van der Waals surface area contributed by atoms with Crippen molar-refractivity contribution in [2.24, 2.45) is 62.6 Å². The highest BCUT2D eigenvalue weighted by Gasteiger charge is 2.43. The maximum atomic E-state index is 11.3. The van der Waals surface area contributed by atoms with Gasteiger partial charge in [0.15, 0.2) is 0 Å². The first-order valence-corrected chi connectivity index (χ1v) is 37.6. The number of sulfonamides is 1. The molecule has 5 saturated heterocycles. The molecule has 3 aliphatic carbocycles. The molecule has 522 valence electrons. The van der Waals surface area contributed by atoms with E-state index in [4.69, 9.17) is 9.47 Å². The van der Waals surface area contributed by atoms with Crippen LogP contribution in [0.4, 0.5) is 0 Å². The normalized spacial score (nSPS) is 27.1. The monoisotopic (exact) mass is 1260 g/mol. The van der Waals surface area contributed by atoms with Crippen molar-refractivity contribution in [1.29, 1.82) is 0 Å². The van der Waals surface area contributed by atoms with Crippen LogP contribution < -0.4 is 5.32 Å². The average molecular weight is 1270 g/mol. The molecule has 8 rings (SSSR count). The van der Waals surface area contributed by atoms with E-state index in [0.29, 0.717) is 64.8 Å². The van der Waals surface area contributed by atoms with Crippen LogP contribution in [0.3, 0.4) is 0 Å². The number of carbonyl (C=O) groups excluding carboxylic acids is 3. The number of hydrogen-bond acceptors (Lipinski definition) is 8. The third kappa shape index (κ3) is 33.9. The predicted octanol–water partition coefficient (Wildman–Crippen LogP) is 19.7. The van der Waals surface area contributed by atoms with E-state index < -0.39 is 10.0 Å². The molecule has 5 aliphatic heterocycles. The lowest BCUT2D eigenvalue weighted by molar-refractivity contribution is -0.185. The van der Waals surface area contributed by atoms with E-state index in [1.807, 2.05) is 25.8 Å². The molecule has 3 saturated carbocycles. The number of esters is 1. The number of cyclic esters (lactones) is 1. The van der Waals surface area contributed by atoms with Gasteiger partial charge in [0.2, 0.25) is 21.8 Å². The molecule has 0 aromatic rings. The van der Waals surface area contributed by atoms with Crippen LogP contribution >= 0.6 is 0 Å². The molecule has 8 fully saturated rings. The minimum absolute atomic E-state index is 0.0382. The molecule has 2 N–H and O–H groups in total. The molecule has 8 aliphatic rings. The van der Waals surface area contributed by atoms with Gasteiger partial charge >= 0.3 is 5.97 Å². The highest BCUT2D eigenvalue weighted by Crippen LogP contribution is 2.46. The molecule has 5 heterocycles. The quantitative estimate of drug-likeness (QED) is 0.247. The predicted molar refractivity (Wildman–Crippen MR) is 375 cm³/mol. The van der Waals surface area contributed by atoms with E-state index in [2.05, 4.69) is 171 Å². The number of carbonyl (C=O) groups is 3. The fraction of sp³-hybridized carbons (Fsp3) is 0.961. The van der Waals surface area contributed by atoms with E-state index in [1.54, 1.807) is 4.31 Å². The van der Waals surface area contributed by atoms with Crippen molar-refractivity contribution < 1.29 is 37.4 Å².